The molecule has 11 nitrogen and oxygen atoms in total. The highest BCUT2D eigenvalue weighted by atomic mass is 32.2. The van der Waals surface area contributed by atoms with Crippen molar-refractivity contribution in [3.8, 4) is 5.88 Å². The third kappa shape index (κ3) is 5.27. The minimum Gasteiger partial charge on any atom is -0.469 e. The van der Waals surface area contributed by atoms with Crippen molar-refractivity contribution in [2.24, 2.45) is 0 Å². The van der Waals surface area contributed by atoms with Gasteiger partial charge < -0.3 is 14.1 Å². The Balaban J connectivity index is 1.37. The fourth-order valence-electron chi connectivity index (χ4n) is 3.68. The average molecular weight is 528 g/mol. The van der Waals surface area contributed by atoms with Crippen LogP contribution in [-0.4, -0.2) is 60.0 Å². The molecule has 13 heteroatoms. The maximum atomic E-state index is 13.0. The fraction of sp³-hybridized carbons (Fsp3) is 0.217. The summed E-state index contributed by atoms with van der Waals surface area (Å²) in [5, 5.41) is 1.76. The molecule has 0 saturated carbocycles. The summed E-state index contributed by atoms with van der Waals surface area (Å²) in [6.07, 6.45) is 3.03. The van der Waals surface area contributed by atoms with Crippen molar-refractivity contribution in [2.45, 2.75) is 11.5 Å². The summed E-state index contributed by atoms with van der Waals surface area (Å²) in [4.78, 5) is 34.9. The van der Waals surface area contributed by atoms with Crippen molar-refractivity contribution < 1.29 is 27.2 Å². The molecular formula is C23H21N5O6S2. The van der Waals surface area contributed by atoms with E-state index in [0.717, 1.165) is 11.8 Å². The number of sulfonamides is 1. The molecule has 186 valence electrons. The minimum atomic E-state index is -3.60. The summed E-state index contributed by atoms with van der Waals surface area (Å²) in [5.41, 5.74) is 0.376. The van der Waals surface area contributed by atoms with E-state index in [2.05, 4.69) is 15.3 Å². The van der Waals surface area contributed by atoms with E-state index >= 15 is 0 Å². The van der Waals surface area contributed by atoms with Crippen LogP contribution in [0.2, 0.25) is 0 Å². The van der Waals surface area contributed by atoms with Crippen LogP contribution < -0.4 is 15.0 Å². The molecule has 2 saturated heterocycles. The minimum absolute atomic E-state index is 0.135. The van der Waals surface area contributed by atoms with E-state index in [-0.39, 0.29) is 35.4 Å². The standard InChI is InChI=1S/C23H21N5O6S2/c29-21-19(35-23(30)26-21)13-16-14-20(34-15-17-5-4-12-33-17)25-22(24-16)27-8-10-28(11-9-27)36(31,32)18-6-2-1-3-7-18/h1-7,12-14H,8-11,15H2,(H,26,29,30)/b19-13+. The highest BCUT2D eigenvalue weighted by Crippen LogP contribution is 2.27. The summed E-state index contributed by atoms with van der Waals surface area (Å²) >= 11 is 0.786. The molecule has 0 atom stereocenters. The first-order chi connectivity index (χ1) is 17.4. The quantitative estimate of drug-likeness (QED) is 0.457. The van der Waals surface area contributed by atoms with Crippen LogP contribution in [0.1, 0.15) is 11.5 Å². The van der Waals surface area contributed by atoms with Crippen molar-refractivity contribution in [3.05, 3.63) is 71.2 Å². The van der Waals surface area contributed by atoms with Gasteiger partial charge in [-0.2, -0.15) is 9.29 Å². The van der Waals surface area contributed by atoms with Crippen molar-refractivity contribution in [1.82, 2.24) is 19.6 Å². The number of hydrogen-bond acceptors (Lipinski definition) is 10. The highest BCUT2D eigenvalue weighted by Gasteiger charge is 2.30. The Bertz CT molecular complexity index is 1400. The van der Waals surface area contributed by atoms with Gasteiger partial charge in [0.2, 0.25) is 21.9 Å². The van der Waals surface area contributed by atoms with Crippen LogP contribution in [0.4, 0.5) is 10.7 Å². The van der Waals surface area contributed by atoms with E-state index in [1.807, 2.05) is 4.90 Å². The van der Waals surface area contributed by atoms with Gasteiger partial charge in [0, 0.05) is 32.2 Å². The molecule has 0 spiro atoms. The van der Waals surface area contributed by atoms with E-state index < -0.39 is 21.2 Å². The summed E-state index contributed by atoms with van der Waals surface area (Å²) in [5.74, 6) is 0.677. The van der Waals surface area contributed by atoms with Crippen molar-refractivity contribution in [3.63, 3.8) is 0 Å². The van der Waals surface area contributed by atoms with E-state index in [1.165, 1.54) is 16.6 Å². The largest absolute Gasteiger partial charge is 0.469 e. The number of nitrogens with zero attached hydrogens (tertiary/aromatic N) is 4. The van der Waals surface area contributed by atoms with Gasteiger partial charge in [-0.15, -0.1) is 0 Å². The smallest absolute Gasteiger partial charge is 0.290 e. The van der Waals surface area contributed by atoms with Gasteiger partial charge in [-0.05, 0) is 42.1 Å². The number of thioether (sulfide) groups is 1. The second-order valence-corrected chi connectivity index (χ2v) is 10.8. The first-order valence-corrected chi connectivity index (χ1v) is 13.2. The van der Waals surface area contributed by atoms with Gasteiger partial charge in [0.1, 0.15) is 12.4 Å². The molecule has 4 heterocycles. The number of imide groups is 1. The highest BCUT2D eigenvalue weighted by molar-refractivity contribution is 8.18. The number of nitrogens with one attached hydrogen (secondary N) is 1. The van der Waals surface area contributed by atoms with Crippen LogP contribution in [-0.2, 0) is 21.4 Å². The topological polar surface area (TPSA) is 135 Å². The summed E-state index contributed by atoms with van der Waals surface area (Å²) in [7, 11) is -3.60. The molecule has 0 radical (unpaired) electrons. The molecule has 2 amide bonds. The van der Waals surface area contributed by atoms with Gasteiger partial charge in [-0.3, -0.25) is 14.9 Å². The van der Waals surface area contributed by atoms with Gasteiger partial charge in [0.05, 0.1) is 21.8 Å². The van der Waals surface area contributed by atoms with E-state index in [9.17, 15) is 18.0 Å². The third-order valence-corrected chi connectivity index (χ3v) is 8.20. The lowest BCUT2D eigenvalue weighted by atomic mass is 10.3. The van der Waals surface area contributed by atoms with Gasteiger partial charge in [-0.25, -0.2) is 13.4 Å². The first kappa shape index (κ1) is 24.0. The summed E-state index contributed by atoms with van der Waals surface area (Å²) in [6.45, 7) is 1.35. The van der Waals surface area contributed by atoms with Crippen LogP contribution in [0.15, 0.2) is 69.0 Å². The summed E-state index contributed by atoms with van der Waals surface area (Å²) < 4.78 is 38.4. The number of piperazine rings is 1. The molecule has 1 aromatic carbocycles. The SMILES string of the molecule is O=C1NC(=O)/C(=C\c2cc(OCc3ccco3)nc(N3CCN(S(=O)(=O)c4ccccc4)CC3)n2)S1. The molecule has 0 bridgehead atoms. The normalized spacial score (nSPS) is 18.0. The zero-order valence-corrected chi connectivity index (χ0v) is 20.5. The Hall–Kier alpha value is -3.68. The molecule has 3 aromatic rings. The Morgan fingerprint density at radius 2 is 1.83 bits per heavy atom. The number of hydrogen-bond donors (Lipinski definition) is 1. The van der Waals surface area contributed by atoms with Gasteiger partial charge in [-0.1, -0.05) is 18.2 Å². The number of amides is 2. The van der Waals surface area contributed by atoms with Crippen molar-refractivity contribution >= 4 is 45.0 Å². The van der Waals surface area contributed by atoms with Gasteiger partial charge >= 0.3 is 0 Å². The monoisotopic (exact) mass is 527 g/mol. The number of benzene rings is 1. The van der Waals surface area contributed by atoms with E-state index in [4.69, 9.17) is 9.15 Å². The molecule has 0 aliphatic carbocycles. The maximum Gasteiger partial charge on any atom is 0.290 e. The maximum absolute atomic E-state index is 13.0. The number of furan rings is 1. The van der Waals surface area contributed by atoms with Crippen molar-refractivity contribution in [2.75, 3.05) is 31.1 Å². The van der Waals surface area contributed by atoms with Gasteiger partial charge in [0.25, 0.3) is 11.1 Å². The Morgan fingerprint density at radius 3 is 2.50 bits per heavy atom. The van der Waals surface area contributed by atoms with Crippen LogP contribution in [0.3, 0.4) is 0 Å². The number of ether oxygens (including phenoxy) is 1. The lowest BCUT2D eigenvalue weighted by Crippen LogP contribution is -2.49. The van der Waals surface area contributed by atoms with Crippen LogP contribution in [0, 0.1) is 0 Å². The molecule has 2 aliphatic rings. The van der Waals surface area contributed by atoms with Crippen LogP contribution >= 0.6 is 11.8 Å². The molecule has 2 aliphatic heterocycles. The van der Waals surface area contributed by atoms with Crippen LogP contribution in [0.5, 0.6) is 5.88 Å². The van der Waals surface area contributed by atoms with Crippen LogP contribution in [0.25, 0.3) is 6.08 Å². The number of carbonyl (C=O) groups excluding carboxylic acids is 2. The number of rotatable bonds is 7. The predicted molar refractivity (Wildman–Crippen MR) is 132 cm³/mol. The van der Waals surface area contributed by atoms with E-state index in [1.54, 1.807) is 48.5 Å². The molecule has 1 N–H and O–H groups in total. The second kappa shape index (κ2) is 10.1. The molecule has 36 heavy (non-hydrogen) atoms. The second-order valence-electron chi connectivity index (χ2n) is 7.86. The number of aromatic nitrogens is 2. The zero-order valence-electron chi connectivity index (χ0n) is 18.9. The number of anilines is 1. The van der Waals surface area contributed by atoms with Crippen molar-refractivity contribution in [1.29, 1.82) is 0 Å². The fourth-order valence-corrected chi connectivity index (χ4v) is 5.79. The Kier molecular flexibility index (Phi) is 6.76. The zero-order chi connectivity index (χ0) is 25.1. The Labute approximate surface area is 211 Å². The summed E-state index contributed by atoms with van der Waals surface area (Å²) in [6, 6.07) is 13.4. The number of carbonyl (C=O) groups is 2. The molecular weight excluding hydrogens is 506 g/mol. The predicted octanol–water partition coefficient (Wildman–Crippen LogP) is 2.48. The average Bonchev–Trinajstić information content (AvgIpc) is 3.52. The molecule has 5 rings (SSSR count). The third-order valence-electron chi connectivity index (χ3n) is 5.48. The first-order valence-electron chi connectivity index (χ1n) is 11.0. The van der Waals surface area contributed by atoms with E-state index in [0.29, 0.717) is 30.5 Å². The molecule has 2 aromatic heterocycles. The molecule has 2 fully saturated rings. The lowest BCUT2D eigenvalue weighted by Gasteiger charge is -2.34. The molecule has 0 unspecified atom stereocenters. The lowest BCUT2D eigenvalue weighted by molar-refractivity contribution is -0.115. The van der Waals surface area contributed by atoms with Gasteiger partial charge in [0.15, 0.2) is 0 Å². The Morgan fingerprint density at radius 1 is 1.06 bits per heavy atom.